The summed E-state index contributed by atoms with van der Waals surface area (Å²) in [4.78, 5) is 49.5. The Hall–Kier alpha value is -2.68. The van der Waals surface area contributed by atoms with E-state index in [9.17, 15) is 19.2 Å². The maximum Gasteiger partial charge on any atom is 0.331 e. The van der Waals surface area contributed by atoms with Crippen molar-refractivity contribution in [3.8, 4) is 0 Å². The third-order valence-electron chi connectivity index (χ3n) is 4.88. The highest BCUT2D eigenvalue weighted by Crippen LogP contribution is 2.22. The molecule has 0 spiro atoms. The number of ether oxygens (including phenoxy) is 1. The summed E-state index contributed by atoms with van der Waals surface area (Å²) in [5, 5.41) is 11.8. The zero-order valence-corrected chi connectivity index (χ0v) is 27.5. The fourth-order valence-electron chi connectivity index (χ4n) is 2.76. The van der Waals surface area contributed by atoms with E-state index in [-0.39, 0.29) is 35.5 Å². The molecular weight excluding hydrogens is 498 g/mol. The number of nitrogens with zero attached hydrogens (tertiary/aromatic N) is 2. The number of carbonyl (C=O) groups is 4. The van der Waals surface area contributed by atoms with E-state index >= 15 is 0 Å². The number of aliphatic carboxylic acids is 1. The average molecular weight is 558 g/mol. The Morgan fingerprint density at radius 3 is 1.72 bits per heavy atom. The molecule has 0 fully saturated rings. The number of carbonyl (C=O) groups excluding carboxylic acids is 3. The number of carboxylic acid groups (broad SMARTS) is 1. The predicted molar refractivity (Wildman–Crippen MR) is 161 cm³/mol. The average Bonchev–Trinajstić information content (AvgIpc) is 2.80. The summed E-state index contributed by atoms with van der Waals surface area (Å²) in [5.74, 6) is -1.63. The quantitative estimate of drug-likeness (QED) is 0.216. The van der Waals surface area contributed by atoms with Crippen molar-refractivity contribution in [3.63, 3.8) is 0 Å². The first-order valence-electron chi connectivity index (χ1n) is 13.6. The van der Waals surface area contributed by atoms with E-state index in [0.717, 1.165) is 0 Å². The fraction of sp³-hybridized carbons (Fsp3) is 0.733. The zero-order chi connectivity index (χ0) is 32.1. The van der Waals surface area contributed by atoms with Crippen molar-refractivity contribution in [2.45, 2.75) is 107 Å². The van der Waals surface area contributed by atoms with Crippen LogP contribution in [0, 0.1) is 11.3 Å². The molecule has 0 radical (unpaired) electrons. The molecule has 3 atom stereocenters. The van der Waals surface area contributed by atoms with Gasteiger partial charge < -0.3 is 20.1 Å². The Balaban J connectivity index is -0.000000426. The van der Waals surface area contributed by atoms with Gasteiger partial charge in [-0.1, -0.05) is 74.0 Å². The molecule has 39 heavy (non-hydrogen) atoms. The van der Waals surface area contributed by atoms with Gasteiger partial charge in [0.05, 0.1) is 6.04 Å². The van der Waals surface area contributed by atoms with Gasteiger partial charge in [-0.25, -0.2) is 4.79 Å². The van der Waals surface area contributed by atoms with E-state index < -0.39 is 23.5 Å². The van der Waals surface area contributed by atoms with Crippen LogP contribution in [0.2, 0.25) is 0 Å². The lowest BCUT2D eigenvalue weighted by Crippen LogP contribution is -2.58. The lowest BCUT2D eigenvalue weighted by Gasteiger charge is -2.36. The second-order valence-electron chi connectivity index (χ2n) is 11.3. The summed E-state index contributed by atoms with van der Waals surface area (Å²) in [5.41, 5.74) is -0.666. The Labute approximate surface area is 239 Å². The predicted octanol–water partition coefficient (Wildman–Crippen LogP) is 5.16. The van der Waals surface area contributed by atoms with Crippen LogP contribution in [0.3, 0.4) is 0 Å². The summed E-state index contributed by atoms with van der Waals surface area (Å²) in [7, 11) is 5.21. The molecule has 0 aliphatic heterocycles. The summed E-state index contributed by atoms with van der Waals surface area (Å²) in [6, 6.07) is -1.19. The second-order valence-corrected chi connectivity index (χ2v) is 11.3. The fourth-order valence-corrected chi connectivity index (χ4v) is 2.76. The van der Waals surface area contributed by atoms with E-state index in [0.29, 0.717) is 6.47 Å². The molecule has 3 unspecified atom stereocenters. The van der Waals surface area contributed by atoms with Gasteiger partial charge in [0.25, 0.3) is 6.47 Å². The molecule has 2 N–H and O–H groups in total. The van der Waals surface area contributed by atoms with E-state index in [1.807, 2.05) is 76.4 Å². The normalized spacial score (nSPS) is 13.4. The number of amides is 2. The Morgan fingerprint density at radius 2 is 1.46 bits per heavy atom. The first kappa shape index (κ1) is 43.4. The van der Waals surface area contributed by atoms with Crippen molar-refractivity contribution in [3.05, 3.63) is 24.3 Å². The van der Waals surface area contributed by atoms with Crippen molar-refractivity contribution in [2.75, 3.05) is 27.7 Å². The van der Waals surface area contributed by atoms with Gasteiger partial charge in [0.1, 0.15) is 11.6 Å². The van der Waals surface area contributed by atoms with E-state index in [2.05, 4.69) is 30.5 Å². The van der Waals surface area contributed by atoms with Crippen LogP contribution in [-0.2, 0) is 23.9 Å². The molecule has 0 bridgehead atoms. The molecule has 2 amide bonds. The standard InChI is InChI=1S/C20H35N3O4.C5H10O2.C3H8.C2H6/c1-10-13(2)15(22(7)8)17(24)21-16(20(4,5)6)18(25)23(9)12-11-14(3)19(26)27;1-5(2,3)7-4-6;1-3-2;1-2/h10-11,13,15-16H,1,12H2,2-9H3,(H,21,24)(H,26,27);4H,1-3H3;3H2,1-2H3;1-2H3/b14-11+;;;. The summed E-state index contributed by atoms with van der Waals surface area (Å²) in [6.45, 7) is 27.1. The minimum absolute atomic E-state index is 0.0883. The maximum atomic E-state index is 12.9. The van der Waals surface area contributed by atoms with Gasteiger partial charge in [0.2, 0.25) is 11.8 Å². The van der Waals surface area contributed by atoms with Crippen LogP contribution >= 0.6 is 0 Å². The molecule has 9 heteroatoms. The first-order valence-corrected chi connectivity index (χ1v) is 13.6. The number of hydrogen-bond acceptors (Lipinski definition) is 6. The number of carboxylic acids is 1. The molecule has 230 valence electrons. The highest BCUT2D eigenvalue weighted by atomic mass is 16.5. The minimum Gasteiger partial charge on any atom is -0.478 e. The maximum absolute atomic E-state index is 12.9. The summed E-state index contributed by atoms with van der Waals surface area (Å²) >= 11 is 0. The number of rotatable bonds is 10. The van der Waals surface area contributed by atoms with Gasteiger partial charge in [0.15, 0.2) is 0 Å². The molecule has 0 aromatic carbocycles. The lowest BCUT2D eigenvalue weighted by molar-refractivity contribution is -0.139. The van der Waals surface area contributed by atoms with Gasteiger partial charge in [0, 0.05) is 19.2 Å². The number of nitrogens with one attached hydrogen (secondary N) is 1. The van der Waals surface area contributed by atoms with Crippen molar-refractivity contribution < 1.29 is 29.0 Å². The topological polar surface area (TPSA) is 116 Å². The van der Waals surface area contributed by atoms with Crippen molar-refractivity contribution in [1.82, 2.24) is 15.1 Å². The van der Waals surface area contributed by atoms with Gasteiger partial charge in [-0.15, -0.1) is 6.58 Å². The highest BCUT2D eigenvalue weighted by Gasteiger charge is 2.37. The van der Waals surface area contributed by atoms with Gasteiger partial charge in [-0.2, -0.15) is 0 Å². The Morgan fingerprint density at radius 1 is 1.03 bits per heavy atom. The monoisotopic (exact) mass is 557 g/mol. The summed E-state index contributed by atoms with van der Waals surface area (Å²) < 4.78 is 4.55. The van der Waals surface area contributed by atoms with Gasteiger partial charge in [-0.3, -0.25) is 19.3 Å². The van der Waals surface area contributed by atoms with Crippen LogP contribution in [0.15, 0.2) is 24.3 Å². The van der Waals surface area contributed by atoms with E-state index in [1.165, 1.54) is 24.3 Å². The van der Waals surface area contributed by atoms with Crippen molar-refractivity contribution in [2.24, 2.45) is 11.3 Å². The van der Waals surface area contributed by atoms with E-state index in [1.54, 1.807) is 18.0 Å². The van der Waals surface area contributed by atoms with Crippen LogP contribution in [0.25, 0.3) is 0 Å². The molecule has 0 aliphatic carbocycles. The van der Waals surface area contributed by atoms with Crippen LogP contribution in [-0.4, -0.2) is 84.5 Å². The molecular formula is C30H59N3O6. The first-order chi connectivity index (χ1) is 17.7. The molecule has 0 aromatic heterocycles. The van der Waals surface area contributed by atoms with Gasteiger partial charge >= 0.3 is 5.97 Å². The Kier molecular flexibility index (Phi) is 24.7. The summed E-state index contributed by atoms with van der Waals surface area (Å²) in [6.07, 6.45) is 4.44. The smallest absolute Gasteiger partial charge is 0.331 e. The van der Waals surface area contributed by atoms with Crippen LogP contribution in [0.5, 0.6) is 0 Å². The molecule has 0 aliphatic rings. The molecule has 9 nitrogen and oxygen atoms in total. The zero-order valence-electron chi connectivity index (χ0n) is 27.5. The molecule has 0 heterocycles. The Bertz CT molecular complexity index is 749. The molecule has 0 saturated heterocycles. The highest BCUT2D eigenvalue weighted by molar-refractivity contribution is 5.91. The van der Waals surface area contributed by atoms with Crippen LogP contribution < -0.4 is 5.32 Å². The SMILES string of the molecule is C=CC(C)C(C(=O)NC(C(=O)N(C)C/C=C(\C)C(=O)O)C(C)(C)C)N(C)C.CC.CC(C)(C)OC=O.CCC. The van der Waals surface area contributed by atoms with E-state index in [4.69, 9.17) is 5.11 Å². The lowest BCUT2D eigenvalue weighted by atomic mass is 9.85. The molecule has 0 rings (SSSR count). The van der Waals surface area contributed by atoms with Crippen LogP contribution in [0.4, 0.5) is 0 Å². The van der Waals surface area contributed by atoms with Crippen molar-refractivity contribution in [1.29, 1.82) is 0 Å². The van der Waals surface area contributed by atoms with Gasteiger partial charge in [-0.05, 0) is 53.1 Å². The molecule has 0 aromatic rings. The molecule has 0 saturated carbocycles. The third-order valence-corrected chi connectivity index (χ3v) is 4.88. The number of hydrogen-bond donors (Lipinski definition) is 2. The second kappa shape index (κ2) is 22.2. The minimum atomic E-state index is -1.02. The largest absolute Gasteiger partial charge is 0.478 e. The van der Waals surface area contributed by atoms with Crippen molar-refractivity contribution >= 4 is 24.3 Å². The van der Waals surface area contributed by atoms with Crippen LogP contribution in [0.1, 0.15) is 89.5 Å². The third kappa shape index (κ3) is 21.9. The number of likely N-dealkylation sites (N-methyl/N-ethyl adjacent to an activating group) is 2.